The number of hydrogen-bond donors (Lipinski definition) is 0. The number of carbonyl (C=O) groups is 2. The topological polar surface area (TPSA) is 92.5 Å². The Labute approximate surface area is 233 Å². The second-order valence-electron chi connectivity index (χ2n) is 8.80. The van der Waals surface area contributed by atoms with Crippen LogP contribution in [0.15, 0.2) is 45.9 Å². The first-order chi connectivity index (χ1) is 18.4. The zero-order chi connectivity index (χ0) is 28.4. The Hall–Kier alpha value is -2.97. The molecular weight excluding hydrogens is 610 g/mol. The quantitative estimate of drug-likeness (QED) is 0.193. The molecule has 208 valence electrons. The number of carbonyl (C=O) groups excluding carboxylic acids is 2. The maximum atomic E-state index is 13.9. The molecule has 2 heterocycles. The third-order valence-electron chi connectivity index (χ3n) is 5.97. The van der Waals surface area contributed by atoms with Crippen molar-refractivity contribution in [2.24, 2.45) is 5.92 Å². The van der Waals surface area contributed by atoms with Gasteiger partial charge < -0.3 is 14.2 Å². The molecule has 14 heteroatoms. The second kappa shape index (κ2) is 12.0. The van der Waals surface area contributed by atoms with E-state index in [0.717, 1.165) is 12.1 Å². The van der Waals surface area contributed by atoms with Crippen LogP contribution in [0.1, 0.15) is 26.8 Å². The molecule has 2 aromatic carbocycles. The Morgan fingerprint density at radius 3 is 2.38 bits per heavy atom. The fraction of sp³-hybridized carbons (Fsp3) is 0.360. The highest BCUT2D eigenvalue weighted by Gasteiger charge is 2.48. The van der Waals surface area contributed by atoms with Gasteiger partial charge in [0.25, 0.3) is 0 Å². The van der Waals surface area contributed by atoms with Gasteiger partial charge in [-0.05, 0) is 46.3 Å². The van der Waals surface area contributed by atoms with Gasteiger partial charge in [-0.1, -0.05) is 23.9 Å². The molecule has 1 aromatic heterocycles. The predicted molar refractivity (Wildman–Crippen MR) is 134 cm³/mol. The molecule has 0 aliphatic carbocycles. The Balaban J connectivity index is 1.73. The summed E-state index contributed by atoms with van der Waals surface area (Å²) in [6, 6.07) is 5.27. The summed E-state index contributed by atoms with van der Waals surface area (Å²) in [5.41, 5.74) is -0.649. The van der Waals surface area contributed by atoms with Gasteiger partial charge in [0.15, 0.2) is 23.6 Å². The summed E-state index contributed by atoms with van der Waals surface area (Å²) in [6.45, 7) is 3.98. The van der Waals surface area contributed by atoms with Crippen LogP contribution in [0.2, 0.25) is 0 Å². The lowest BCUT2D eigenvalue weighted by atomic mass is 9.90. The van der Waals surface area contributed by atoms with Crippen LogP contribution in [0.5, 0.6) is 0 Å². The number of thioether (sulfide) groups is 1. The lowest BCUT2D eigenvalue weighted by molar-refractivity contribution is -0.191. The van der Waals surface area contributed by atoms with Crippen LogP contribution in [0.3, 0.4) is 0 Å². The maximum Gasteiger partial charge on any atom is 0.303 e. The third-order valence-corrected chi connectivity index (χ3v) is 7.88. The molecule has 0 spiro atoms. The molecule has 1 aliphatic rings. The van der Waals surface area contributed by atoms with Crippen molar-refractivity contribution >= 4 is 39.6 Å². The van der Waals surface area contributed by atoms with E-state index in [-0.39, 0.29) is 22.3 Å². The molecule has 0 N–H and O–H groups in total. The van der Waals surface area contributed by atoms with Crippen LogP contribution < -0.4 is 0 Å². The van der Waals surface area contributed by atoms with E-state index in [1.807, 2.05) is 0 Å². The number of hydrogen-bond acceptors (Lipinski definition) is 8. The molecule has 4 rings (SSSR count). The van der Waals surface area contributed by atoms with Crippen LogP contribution >= 0.6 is 27.7 Å². The van der Waals surface area contributed by atoms with Crippen molar-refractivity contribution < 1.29 is 41.4 Å². The number of rotatable bonds is 7. The first-order valence-electron chi connectivity index (χ1n) is 11.6. The highest BCUT2D eigenvalue weighted by Crippen LogP contribution is 2.43. The Bertz CT molecular complexity index is 1370. The number of esters is 2. The van der Waals surface area contributed by atoms with Crippen LogP contribution in [0, 0.1) is 29.2 Å². The van der Waals surface area contributed by atoms with Gasteiger partial charge in [-0.25, -0.2) is 22.2 Å². The lowest BCUT2D eigenvalue weighted by Gasteiger charge is -2.44. The Kier molecular flexibility index (Phi) is 8.96. The highest BCUT2D eigenvalue weighted by molar-refractivity contribution is 9.10. The van der Waals surface area contributed by atoms with Crippen molar-refractivity contribution in [2.45, 2.75) is 49.4 Å². The molecule has 1 fully saturated rings. The van der Waals surface area contributed by atoms with E-state index in [1.165, 1.54) is 42.6 Å². The van der Waals surface area contributed by atoms with Crippen molar-refractivity contribution in [1.82, 2.24) is 15.0 Å². The first kappa shape index (κ1) is 29.0. The van der Waals surface area contributed by atoms with Crippen LogP contribution in [-0.4, -0.2) is 51.2 Å². The Morgan fingerprint density at radius 2 is 1.77 bits per heavy atom. The molecule has 5 atom stereocenters. The van der Waals surface area contributed by atoms with Gasteiger partial charge in [0.2, 0.25) is 0 Å². The number of ether oxygens (including phenoxy) is 3. The van der Waals surface area contributed by atoms with Crippen LogP contribution in [0.25, 0.3) is 11.3 Å². The van der Waals surface area contributed by atoms with E-state index in [4.69, 9.17) is 14.2 Å². The average Bonchev–Trinajstić information content (AvgIpc) is 3.35. The van der Waals surface area contributed by atoms with Crippen molar-refractivity contribution in [3.63, 3.8) is 0 Å². The van der Waals surface area contributed by atoms with Gasteiger partial charge in [-0.2, -0.15) is 0 Å². The lowest BCUT2D eigenvalue weighted by Crippen LogP contribution is -2.53. The number of aromatic nitrogens is 3. The van der Waals surface area contributed by atoms with Crippen LogP contribution in [0.4, 0.5) is 17.6 Å². The minimum Gasteiger partial charge on any atom is -0.463 e. The fourth-order valence-electron chi connectivity index (χ4n) is 4.19. The van der Waals surface area contributed by atoms with Gasteiger partial charge in [-0.15, -0.1) is 5.10 Å². The van der Waals surface area contributed by atoms with E-state index in [2.05, 4.69) is 26.2 Å². The molecular formula is C25H22BrF4N3O5S. The van der Waals surface area contributed by atoms with E-state index >= 15 is 0 Å². The number of halogens is 5. The first-order valence-corrected chi connectivity index (χ1v) is 13.3. The molecule has 39 heavy (non-hydrogen) atoms. The molecule has 8 nitrogen and oxygen atoms in total. The molecule has 1 aliphatic heterocycles. The van der Waals surface area contributed by atoms with E-state index < -0.39 is 64.8 Å². The van der Waals surface area contributed by atoms with Gasteiger partial charge >= 0.3 is 11.9 Å². The smallest absolute Gasteiger partial charge is 0.303 e. The zero-order valence-electron chi connectivity index (χ0n) is 20.7. The summed E-state index contributed by atoms with van der Waals surface area (Å²) in [6.07, 6.45) is -0.563. The van der Waals surface area contributed by atoms with Gasteiger partial charge in [0.05, 0.1) is 16.7 Å². The SMILES string of the molecule is CC(=O)OCC1O[C@H](Sc2ccc(F)c(Br)c2)[C@@H](C)C(n2cc(-c3cc(F)c(F)c(F)c3)nn2)[C@H]1OC(C)=O. The molecule has 0 amide bonds. The minimum atomic E-state index is -1.61. The van der Waals surface area contributed by atoms with Crippen LogP contribution in [-0.2, 0) is 23.8 Å². The van der Waals surface area contributed by atoms with Gasteiger partial charge in [0, 0.05) is 30.2 Å². The molecule has 0 radical (unpaired) electrons. The zero-order valence-corrected chi connectivity index (χ0v) is 23.1. The van der Waals surface area contributed by atoms with E-state index in [0.29, 0.717) is 4.90 Å². The fourth-order valence-corrected chi connectivity index (χ4v) is 5.90. The molecule has 1 saturated heterocycles. The number of nitrogens with zero attached hydrogens (tertiary/aromatic N) is 3. The van der Waals surface area contributed by atoms with Crippen molar-refractivity contribution in [2.75, 3.05) is 6.61 Å². The highest BCUT2D eigenvalue weighted by atomic mass is 79.9. The number of benzene rings is 2. The largest absolute Gasteiger partial charge is 0.463 e. The van der Waals surface area contributed by atoms with Crippen molar-refractivity contribution in [3.8, 4) is 11.3 Å². The third kappa shape index (κ3) is 6.61. The monoisotopic (exact) mass is 631 g/mol. The molecule has 0 bridgehead atoms. The summed E-state index contributed by atoms with van der Waals surface area (Å²) < 4.78 is 73.6. The average molecular weight is 632 g/mol. The van der Waals surface area contributed by atoms with E-state index in [1.54, 1.807) is 19.1 Å². The minimum absolute atomic E-state index is 0.0382. The standard InChI is InChI=1S/C25H22BrF4N3O5S/c1-11-23(33-9-20(31-32-33)14-6-18(28)22(30)19(29)7-14)24(37-13(3)35)21(10-36-12(2)34)38-25(11)39-15-4-5-17(27)16(26)8-15/h4-9,11,21,23-25H,10H2,1-3H3/t11-,21?,23?,24-,25+/m0/s1. The molecule has 3 aromatic rings. The Morgan fingerprint density at radius 1 is 1.08 bits per heavy atom. The van der Waals surface area contributed by atoms with Crippen molar-refractivity contribution in [1.29, 1.82) is 0 Å². The maximum absolute atomic E-state index is 13.9. The summed E-state index contributed by atoms with van der Waals surface area (Å²) in [5.74, 6) is -6.50. The summed E-state index contributed by atoms with van der Waals surface area (Å²) >= 11 is 4.42. The normalized spacial score (nSPS) is 22.9. The van der Waals surface area contributed by atoms with Gasteiger partial charge in [0.1, 0.15) is 29.7 Å². The summed E-state index contributed by atoms with van der Waals surface area (Å²) in [5, 5.41) is 8.10. The van der Waals surface area contributed by atoms with E-state index in [9.17, 15) is 27.2 Å². The summed E-state index contributed by atoms with van der Waals surface area (Å²) in [4.78, 5) is 24.3. The summed E-state index contributed by atoms with van der Waals surface area (Å²) in [7, 11) is 0. The van der Waals surface area contributed by atoms with Crippen molar-refractivity contribution in [3.05, 3.63) is 64.3 Å². The molecule has 2 unspecified atom stereocenters. The molecule has 0 saturated carbocycles. The second-order valence-corrected chi connectivity index (χ2v) is 10.8. The van der Waals surface area contributed by atoms with Gasteiger partial charge in [-0.3, -0.25) is 9.59 Å². The predicted octanol–water partition coefficient (Wildman–Crippen LogP) is 5.45.